The van der Waals surface area contributed by atoms with E-state index in [4.69, 9.17) is 16.2 Å². The number of methoxy groups -OCH3 is 1. The Morgan fingerprint density at radius 2 is 1.66 bits per heavy atom. The summed E-state index contributed by atoms with van der Waals surface area (Å²) in [5.41, 5.74) is 12.5. The fourth-order valence-electron chi connectivity index (χ4n) is 6.18. The number of guanidine groups is 1. The second-order valence-corrected chi connectivity index (χ2v) is 14.1. The fourth-order valence-corrected chi connectivity index (χ4v) is 6.18. The van der Waals surface area contributed by atoms with Gasteiger partial charge in [0, 0.05) is 33.0 Å². The highest BCUT2D eigenvalue weighted by atomic mass is 16.5. The number of hydrogen-bond acceptors (Lipinski definition) is 9. The highest BCUT2D eigenvalue weighted by Gasteiger charge is 2.33. The SMILES string of the molecule is C/C=C1\C(=O)NC(C(=O)O)CC(=O)NC(CCCN=C(N)N)C(=O)NC(/C=C/C(C)=C/[C@H](C)[C@H](Cc2ccccc2)OC)[C@H](C)C(=O)N[C@@H](C(=O)O)CCC(=O)N1C. The van der Waals surface area contributed by atoms with Crippen molar-refractivity contribution in [3.05, 3.63) is 71.5 Å². The van der Waals surface area contributed by atoms with Crippen molar-refractivity contribution in [2.45, 2.75) is 96.5 Å². The van der Waals surface area contributed by atoms with E-state index in [0.29, 0.717) is 6.42 Å². The van der Waals surface area contributed by atoms with Crippen LogP contribution in [0.5, 0.6) is 0 Å². The summed E-state index contributed by atoms with van der Waals surface area (Å²) in [6.45, 7) is 6.81. The maximum absolute atomic E-state index is 14.0. The molecule has 318 valence electrons. The number of carboxylic acids is 2. The molecule has 0 aliphatic carbocycles. The Balaban J connectivity index is 2.59. The van der Waals surface area contributed by atoms with Crippen LogP contribution in [0.2, 0.25) is 0 Å². The lowest BCUT2D eigenvalue weighted by molar-refractivity contribution is -0.143. The third-order valence-electron chi connectivity index (χ3n) is 9.62. The second kappa shape index (κ2) is 23.9. The van der Waals surface area contributed by atoms with Gasteiger partial charge in [0.15, 0.2) is 5.96 Å². The number of ether oxygens (including phenoxy) is 1. The van der Waals surface area contributed by atoms with Gasteiger partial charge in [-0.3, -0.25) is 29.0 Å². The molecular weight excluding hydrogens is 752 g/mol. The number of allylic oxidation sites excluding steroid dienone is 3. The zero-order valence-corrected chi connectivity index (χ0v) is 33.9. The molecule has 0 aromatic heterocycles. The largest absolute Gasteiger partial charge is 0.480 e. The normalized spacial score (nSPS) is 24.0. The summed E-state index contributed by atoms with van der Waals surface area (Å²) in [5.74, 6) is -8.45. The molecule has 18 heteroatoms. The monoisotopic (exact) mass is 810 g/mol. The molecule has 7 atom stereocenters. The van der Waals surface area contributed by atoms with Crippen LogP contribution >= 0.6 is 0 Å². The van der Waals surface area contributed by atoms with E-state index in [0.717, 1.165) is 16.0 Å². The van der Waals surface area contributed by atoms with Gasteiger partial charge in [0.05, 0.1) is 24.5 Å². The van der Waals surface area contributed by atoms with Crippen molar-refractivity contribution in [3.8, 4) is 0 Å². The maximum Gasteiger partial charge on any atom is 0.326 e. The van der Waals surface area contributed by atoms with Crippen LogP contribution in [-0.2, 0) is 44.7 Å². The molecule has 1 heterocycles. The molecule has 1 aromatic carbocycles. The number of nitrogens with two attached hydrogens (primary N) is 2. The van der Waals surface area contributed by atoms with E-state index < -0.39 is 84.4 Å². The Morgan fingerprint density at radius 1 is 1.00 bits per heavy atom. The molecule has 0 bridgehead atoms. The Bertz CT molecular complexity index is 1740. The summed E-state index contributed by atoms with van der Waals surface area (Å²) < 4.78 is 5.78. The second-order valence-electron chi connectivity index (χ2n) is 14.1. The molecule has 0 spiro atoms. The fraction of sp³-hybridized carbons (Fsp3) is 0.500. The van der Waals surface area contributed by atoms with E-state index in [1.54, 1.807) is 19.3 Å². The van der Waals surface area contributed by atoms with Gasteiger partial charge in [0.2, 0.25) is 23.6 Å². The van der Waals surface area contributed by atoms with Gasteiger partial charge in [-0.25, -0.2) is 9.59 Å². The maximum atomic E-state index is 14.0. The van der Waals surface area contributed by atoms with Crippen LogP contribution < -0.4 is 32.7 Å². The van der Waals surface area contributed by atoms with E-state index in [-0.39, 0.29) is 49.5 Å². The number of rotatable bonds is 13. The molecule has 1 aromatic rings. The number of aliphatic carboxylic acids is 2. The first kappa shape index (κ1) is 48.1. The molecule has 5 amide bonds. The lowest BCUT2D eigenvalue weighted by Gasteiger charge is -2.27. The molecule has 18 nitrogen and oxygen atoms in total. The van der Waals surface area contributed by atoms with Crippen LogP contribution in [0.15, 0.2) is 70.9 Å². The molecular formula is C40H58N8O10. The van der Waals surface area contributed by atoms with Gasteiger partial charge in [0.25, 0.3) is 5.91 Å². The molecule has 2 rings (SSSR count). The number of likely N-dealkylation sites (N-methyl/N-ethyl adjacent to an activating group) is 1. The van der Waals surface area contributed by atoms with Gasteiger partial charge in [-0.05, 0) is 45.1 Å². The van der Waals surface area contributed by atoms with Crippen molar-refractivity contribution < 1.29 is 48.5 Å². The van der Waals surface area contributed by atoms with Gasteiger partial charge in [-0.2, -0.15) is 0 Å². The summed E-state index contributed by atoms with van der Waals surface area (Å²) in [6.07, 6.45) is 5.57. The van der Waals surface area contributed by atoms with Gasteiger partial charge < -0.3 is 52.6 Å². The first-order valence-electron chi connectivity index (χ1n) is 19.0. The predicted octanol–water partition coefficient (Wildman–Crippen LogP) is 0.727. The molecule has 0 radical (unpaired) electrons. The topological polar surface area (TPSA) is 285 Å². The Labute approximate surface area is 338 Å². The molecule has 1 aliphatic heterocycles. The lowest BCUT2D eigenvalue weighted by Crippen LogP contribution is -2.54. The standard InChI is InChI=1S/C40H58N8O10/c1-7-31-37(53)47-30(39(56)57)22-33(49)44-28(14-11-19-43-40(41)42)36(52)45-27(25(4)35(51)46-29(38(54)55)17-18-34(50)48(31)5)16-15-23(2)20-24(3)32(58-6)21-26-12-9-8-10-13-26/h7-10,12-13,15-16,20,24-25,27-30,32H,11,14,17-19,21-22H2,1-6H3,(H,44,49)(H,45,52)(H,46,51)(H,47,53)(H,54,55)(H,56,57)(H4,41,42,43)/b16-15+,23-20+,31-7+/t24-,25-,27?,28?,29+,30?,32-/m0/s1. The van der Waals surface area contributed by atoms with Crippen LogP contribution in [0, 0.1) is 11.8 Å². The highest BCUT2D eigenvalue weighted by molar-refractivity contribution is 6.00. The van der Waals surface area contributed by atoms with Crippen molar-refractivity contribution >= 4 is 47.4 Å². The number of carbonyl (C=O) groups is 7. The summed E-state index contributed by atoms with van der Waals surface area (Å²) >= 11 is 0. The molecule has 58 heavy (non-hydrogen) atoms. The van der Waals surface area contributed by atoms with Gasteiger partial charge >= 0.3 is 11.9 Å². The molecule has 1 aliphatic rings. The number of carbonyl (C=O) groups excluding carboxylic acids is 5. The van der Waals surface area contributed by atoms with Crippen LogP contribution in [0.3, 0.4) is 0 Å². The van der Waals surface area contributed by atoms with Crippen LogP contribution in [0.25, 0.3) is 0 Å². The Morgan fingerprint density at radius 3 is 2.24 bits per heavy atom. The summed E-state index contributed by atoms with van der Waals surface area (Å²) in [6, 6.07) is 4.18. The van der Waals surface area contributed by atoms with Crippen LogP contribution in [0.1, 0.15) is 65.4 Å². The summed E-state index contributed by atoms with van der Waals surface area (Å²) in [7, 11) is 2.88. The predicted molar refractivity (Wildman–Crippen MR) is 215 cm³/mol. The third kappa shape index (κ3) is 15.8. The zero-order chi connectivity index (χ0) is 43.5. The zero-order valence-electron chi connectivity index (χ0n) is 33.9. The summed E-state index contributed by atoms with van der Waals surface area (Å²) in [4.78, 5) is 96.5. The highest BCUT2D eigenvalue weighted by Crippen LogP contribution is 2.18. The van der Waals surface area contributed by atoms with Gasteiger partial charge in [-0.15, -0.1) is 0 Å². The minimum Gasteiger partial charge on any atom is -0.480 e. The average molecular weight is 811 g/mol. The minimum atomic E-state index is -1.77. The first-order valence-corrected chi connectivity index (χ1v) is 19.0. The number of aliphatic imine (C=N–C) groups is 1. The van der Waals surface area contributed by atoms with Crippen LogP contribution in [0.4, 0.5) is 0 Å². The van der Waals surface area contributed by atoms with Crippen molar-refractivity contribution in [3.63, 3.8) is 0 Å². The Kier molecular flexibility index (Phi) is 19.8. The quantitative estimate of drug-likeness (QED) is 0.0450. The number of carboxylic acid groups (broad SMARTS) is 2. The van der Waals surface area contributed by atoms with E-state index in [1.165, 1.54) is 27.0 Å². The smallest absolute Gasteiger partial charge is 0.326 e. The summed E-state index contributed by atoms with van der Waals surface area (Å²) in [5, 5.41) is 29.9. The van der Waals surface area contributed by atoms with Crippen molar-refractivity contribution in [2.75, 3.05) is 20.7 Å². The lowest BCUT2D eigenvalue weighted by atomic mass is 9.94. The third-order valence-corrected chi connectivity index (χ3v) is 9.62. The number of hydrogen-bond donors (Lipinski definition) is 8. The van der Waals surface area contributed by atoms with E-state index in [9.17, 15) is 43.8 Å². The van der Waals surface area contributed by atoms with Crippen molar-refractivity contribution in [1.29, 1.82) is 0 Å². The first-order chi connectivity index (χ1) is 27.4. The van der Waals surface area contributed by atoms with E-state index in [2.05, 4.69) is 26.3 Å². The number of benzene rings is 1. The van der Waals surface area contributed by atoms with Gasteiger partial charge in [0.1, 0.15) is 23.8 Å². The van der Waals surface area contributed by atoms with Gasteiger partial charge in [-0.1, -0.05) is 74.1 Å². The van der Waals surface area contributed by atoms with Crippen molar-refractivity contribution in [1.82, 2.24) is 26.2 Å². The van der Waals surface area contributed by atoms with E-state index in [1.807, 2.05) is 50.3 Å². The molecule has 1 saturated heterocycles. The Hall–Kier alpha value is -6.04. The number of nitrogens with zero attached hydrogens (tertiary/aromatic N) is 2. The minimum absolute atomic E-state index is 0.0254. The van der Waals surface area contributed by atoms with E-state index >= 15 is 0 Å². The number of amides is 5. The van der Waals surface area contributed by atoms with Crippen LogP contribution in [-0.4, -0.2) is 114 Å². The molecule has 0 saturated carbocycles. The molecule has 10 N–H and O–H groups in total. The molecule has 3 unspecified atom stereocenters. The average Bonchev–Trinajstić information content (AvgIpc) is 3.17. The number of nitrogens with one attached hydrogen (secondary N) is 4. The van der Waals surface area contributed by atoms with Crippen molar-refractivity contribution in [2.24, 2.45) is 28.3 Å². The molecule has 1 fully saturated rings.